The van der Waals surface area contributed by atoms with Crippen LogP contribution in [0.4, 0.5) is 0 Å². The molecule has 2 saturated carbocycles. The van der Waals surface area contributed by atoms with Gasteiger partial charge in [0.2, 0.25) is 0 Å². The maximum atomic E-state index is 11.0. The molecule has 2 aliphatic carbocycles. The largest absolute Gasteiger partial charge is 0.462 e. The van der Waals surface area contributed by atoms with Crippen LogP contribution in [-0.4, -0.2) is 142 Å². The maximum Gasteiger partial charge on any atom is 0.308 e. The van der Waals surface area contributed by atoms with Gasteiger partial charge in [0.25, 0.3) is 0 Å². The molecule has 9 saturated heterocycles. The smallest absolute Gasteiger partial charge is 0.308 e. The zero-order valence-electron chi connectivity index (χ0n) is 62.5. The van der Waals surface area contributed by atoms with Crippen LogP contribution in [0, 0.1) is 76.9 Å². The molecule has 16 heteroatoms. The van der Waals surface area contributed by atoms with E-state index in [1.807, 2.05) is 41.5 Å². The number of hydrogen-bond acceptors (Lipinski definition) is 16. The topological polar surface area (TPSA) is 116 Å². The average Bonchev–Trinajstić information content (AvgIpc) is 3.69. The van der Waals surface area contributed by atoms with Crippen molar-refractivity contribution in [1.29, 1.82) is 0 Å². The van der Waals surface area contributed by atoms with Crippen LogP contribution in [-0.2, 0) is 47.5 Å². The van der Waals surface area contributed by atoms with E-state index in [2.05, 4.69) is 181 Å². The molecule has 11 aliphatic rings. The number of ketones is 2. The molecule has 10 nitrogen and oxygen atoms in total. The van der Waals surface area contributed by atoms with Crippen molar-refractivity contribution in [2.24, 2.45) is 76.9 Å². The minimum atomic E-state index is -0.0336. The zero-order chi connectivity index (χ0) is 68.4. The first-order chi connectivity index (χ1) is 42.9. The molecule has 14 atom stereocenters. The molecule has 9 aliphatic heterocycles. The molecule has 540 valence electrons. The molecule has 91 heavy (non-hydrogen) atoms. The fourth-order valence-electron chi connectivity index (χ4n) is 10.5. The van der Waals surface area contributed by atoms with Crippen molar-refractivity contribution in [3.8, 4) is 0 Å². The van der Waals surface area contributed by atoms with Gasteiger partial charge in [-0.05, 0) is 220 Å². The van der Waals surface area contributed by atoms with Gasteiger partial charge >= 0.3 is 5.97 Å². The summed E-state index contributed by atoms with van der Waals surface area (Å²) in [5, 5.41) is 1.87. The first-order valence-corrected chi connectivity index (χ1v) is 42.8. The number of Topliss-reactive ketones (excluding diaryl/α,β-unsaturated/α-hetero) is 2. The Hall–Kier alpha value is 0.670. The number of ether oxygens (including phenoxy) is 7. The van der Waals surface area contributed by atoms with Crippen LogP contribution in [0.2, 0.25) is 0 Å². The minimum absolute atomic E-state index is 0.0196. The third kappa shape index (κ3) is 49.8. The van der Waals surface area contributed by atoms with E-state index in [4.69, 9.17) is 33.2 Å². The third-order valence-electron chi connectivity index (χ3n) is 18.0. The Balaban J connectivity index is 0.000000501. The summed E-state index contributed by atoms with van der Waals surface area (Å²) in [6, 6.07) is 0. The molecular weight excluding hydrogens is 1250 g/mol. The van der Waals surface area contributed by atoms with Crippen LogP contribution < -0.4 is 0 Å². The molecule has 0 bridgehead atoms. The number of carbonyl (C=O) groups excluding carboxylic acids is 3. The third-order valence-corrected chi connectivity index (χ3v) is 27.6. The number of rotatable bonds is 0. The van der Waals surface area contributed by atoms with E-state index in [9.17, 15) is 14.4 Å². The number of carbonyl (C=O) groups is 3. The van der Waals surface area contributed by atoms with Gasteiger partial charge in [-0.1, -0.05) is 104 Å². The molecule has 0 aromatic carbocycles. The molecule has 0 radical (unpaired) electrons. The summed E-state index contributed by atoms with van der Waals surface area (Å²) in [5.74, 6) is 17.9. The van der Waals surface area contributed by atoms with Gasteiger partial charge in [0.15, 0.2) is 12.6 Å². The Morgan fingerprint density at radius 3 is 0.769 bits per heavy atom. The van der Waals surface area contributed by atoms with Crippen molar-refractivity contribution in [1.82, 2.24) is 0 Å². The summed E-state index contributed by atoms with van der Waals surface area (Å²) in [6.07, 6.45) is 20.6. The van der Waals surface area contributed by atoms with Crippen LogP contribution in [0.25, 0.3) is 0 Å². The highest BCUT2D eigenvalue weighted by Crippen LogP contribution is 2.34. The van der Waals surface area contributed by atoms with Crippen LogP contribution in [0.3, 0.4) is 0 Å². The van der Waals surface area contributed by atoms with Crippen molar-refractivity contribution in [2.45, 2.75) is 306 Å². The molecule has 0 amide bonds. The lowest BCUT2D eigenvalue weighted by atomic mass is 9.83. The summed E-state index contributed by atoms with van der Waals surface area (Å²) < 4.78 is 38.1. The average molecular weight is 1400 g/mol. The van der Waals surface area contributed by atoms with Gasteiger partial charge in [-0.2, -0.15) is 23.5 Å². The predicted octanol–water partition coefficient (Wildman–Crippen LogP) is 21.0. The SMILES string of the molecule is CC1CCC(C)C(=O)C1.CC1CCC(C)C(=O)C1.CC1CCC(C)C(=O)O1.CC1CCC(C)OC1.CC1CCC(C)OC1.CC1CCC(C)SC1.CC1CCC(C)SC1.CC1COC(C)OC1.CC1COC(C)OC1.CC1CSC(C)SC1.CC1CSC(C)SC1. The standard InChI is InChI=1S/2C8H14O.C7H12O2.2C7H14O.2C7H14S.2C6H12O2.2C6H12S2/c2*1-6-3-4-7(2)8(9)5-6;1-5-3-4-6(2)9-7(5)8;4*1-6-3-4-7(2)8-5-6;4*1-5-3-7-6(2)8-4-5/h2*6-7H,3-5H2,1-2H3;5-6H,3-4H2,1-2H3;4*6-7H,3-5H2,1-2H3;4*5-6H,3-4H2,1-2H3. The molecule has 9 heterocycles. The van der Waals surface area contributed by atoms with E-state index in [-0.39, 0.29) is 30.6 Å². The highest BCUT2D eigenvalue weighted by atomic mass is 32.2. The summed E-state index contributed by atoms with van der Waals surface area (Å²) in [6.45, 7) is 53.0. The van der Waals surface area contributed by atoms with Gasteiger partial charge in [0.05, 0.1) is 50.7 Å². The Morgan fingerprint density at radius 1 is 0.264 bits per heavy atom. The van der Waals surface area contributed by atoms with Crippen molar-refractivity contribution >= 4 is 88.1 Å². The maximum absolute atomic E-state index is 11.0. The lowest BCUT2D eigenvalue weighted by molar-refractivity contribution is -0.187. The zero-order valence-corrected chi connectivity index (χ0v) is 67.4. The van der Waals surface area contributed by atoms with Gasteiger partial charge in [0.1, 0.15) is 11.6 Å². The summed E-state index contributed by atoms with van der Waals surface area (Å²) in [5.41, 5.74) is 0. The lowest BCUT2D eigenvalue weighted by Crippen LogP contribution is -2.27. The fraction of sp³-hybridized carbons (Fsp3) is 0.960. The van der Waals surface area contributed by atoms with E-state index < -0.39 is 0 Å². The van der Waals surface area contributed by atoms with Gasteiger partial charge in [-0.3, -0.25) is 14.4 Å². The molecule has 0 aromatic heterocycles. The lowest BCUT2D eigenvalue weighted by Gasteiger charge is -2.24. The van der Waals surface area contributed by atoms with Gasteiger partial charge in [0, 0.05) is 69.4 Å². The van der Waals surface area contributed by atoms with E-state index in [1.54, 1.807) is 0 Å². The van der Waals surface area contributed by atoms with Crippen molar-refractivity contribution < 1.29 is 47.5 Å². The second-order valence-electron chi connectivity index (χ2n) is 29.9. The Labute approximate surface area is 588 Å². The first kappa shape index (κ1) is 89.7. The minimum Gasteiger partial charge on any atom is -0.462 e. The summed E-state index contributed by atoms with van der Waals surface area (Å²) in [7, 11) is 0. The van der Waals surface area contributed by atoms with Gasteiger partial charge in [-0.15, -0.1) is 47.0 Å². The molecular formula is C75H144O10S6. The van der Waals surface area contributed by atoms with Crippen molar-refractivity contribution in [2.75, 3.05) is 74.2 Å². The normalized spacial score (nSPS) is 38.8. The summed E-state index contributed by atoms with van der Waals surface area (Å²) >= 11 is 12.6. The van der Waals surface area contributed by atoms with Crippen LogP contribution >= 0.6 is 70.6 Å². The molecule has 0 spiro atoms. The van der Waals surface area contributed by atoms with Crippen molar-refractivity contribution in [3.05, 3.63) is 0 Å². The number of thioether (sulfide) groups is 6. The van der Waals surface area contributed by atoms with E-state index in [1.165, 1.54) is 98.7 Å². The second kappa shape index (κ2) is 53.6. The molecule has 14 unspecified atom stereocenters. The summed E-state index contributed by atoms with van der Waals surface area (Å²) in [4.78, 5) is 32.8. The quantitative estimate of drug-likeness (QED) is 0.214. The van der Waals surface area contributed by atoms with Gasteiger partial charge in [-0.25, -0.2) is 0 Å². The number of hydrogen-bond donors (Lipinski definition) is 0. The molecule has 0 aromatic rings. The first-order valence-electron chi connectivity index (χ1n) is 36.6. The molecule has 11 fully saturated rings. The van der Waals surface area contributed by atoms with Crippen LogP contribution in [0.1, 0.15) is 255 Å². The highest BCUT2D eigenvalue weighted by molar-refractivity contribution is 8.17. The fourth-order valence-corrected chi connectivity index (χ4v) is 17.6. The monoisotopic (exact) mass is 1400 g/mol. The second-order valence-corrected chi connectivity index (χ2v) is 38.9. The van der Waals surface area contributed by atoms with Crippen LogP contribution in [0.15, 0.2) is 0 Å². The Bertz CT molecular complexity index is 1350. The van der Waals surface area contributed by atoms with E-state index >= 15 is 0 Å². The number of esters is 1. The highest BCUT2D eigenvalue weighted by Gasteiger charge is 2.25. The number of cyclic esters (lactones) is 1. The van der Waals surface area contributed by atoms with Gasteiger partial charge < -0.3 is 33.2 Å². The van der Waals surface area contributed by atoms with Crippen molar-refractivity contribution in [3.63, 3.8) is 0 Å². The van der Waals surface area contributed by atoms with E-state index in [0.717, 1.165) is 133 Å². The predicted molar refractivity (Wildman–Crippen MR) is 405 cm³/mol. The molecule has 0 N–H and O–H groups in total. The Morgan fingerprint density at radius 2 is 0.549 bits per heavy atom. The molecule has 11 rings (SSSR count). The Kier molecular flexibility index (Phi) is 52.8. The van der Waals surface area contributed by atoms with Crippen LogP contribution in [0.5, 0.6) is 0 Å². The van der Waals surface area contributed by atoms with E-state index in [0.29, 0.717) is 59.3 Å².